The molecule has 0 saturated carbocycles. The van der Waals surface area contributed by atoms with Gasteiger partial charge in [-0.05, 0) is 37.5 Å². The first-order valence-electron chi connectivity index (χ1n) is 8.09. The lowest BCUT2D eigenvalue weighted by Gasteiger charge is -2.11. The summed E-state index contributed by atoms with van der Waals surface area (Å²) in [6, 6.07) is 9.51. The number of alkyl halides is 3. The van der Waals surface area contributed by atoms with Gasteiger partial charge in [-0.3, -0.25) is 0 Å². The predicted molar refractivity (Wildman–Crippen MR) is 97.0 cm³/mol. The Hall–Kier alpha value is -2.35. The van der Waals surface area contributed by atoms with E-state index in [-0.39, 0.29) is 5.82 Å². The zero-order valence-electron chi connectivity index (χ0n) is 14.4. The van der Waals surface area contributed by atoms with E-state index in [1.54, 1.807) is 7.11 Å². The summed E-state index contributed by atoms with van der Waals surface area (Å²) in [6.07, 6.45) is -3.09. The minimum Gasteiger partial charge on any atom is -0.496 e. The Kier molecular flexibility index (Phi) is 5.31. The normalized spacial score (nSPS) is 11.7. The van der Waals surface area contributed by atoms with E-state index < -0.39 is 12.0 Å². The van der Waals surface area contributed by atoms with Crippen molar-refractivity contribution in [1.82, 2.24) is 9.97 Å². The number of benzene rings is 1. The molecule has 1 aromatic carbocycles. The van der Waals surface area contributed by atoms with E-state index in [4.69, 9.17) is 4.74 Å². The Balaban J connectivity index is 1.74. The van der Waals surface area contributed by atoms with Crippen LogP contribution < -0.4 is 10.1 Å². The van der Waals surface area contributed by atoms with E-state index in [1.807, 2.05) is 37.3 Å². The van der Waals surface area contributed by atoms with Gasteiger partial charge in [0, 0.05) is 11.4 Å². The van der Waals surface area contributed by atoms with Crippen molar-refractivity contribution in [1.29, 1.82) is 0 Å². The summed E-state index contributed by atoms with van der Waals surface area (Å²) in [5.41, 5.74) is 1.06. The fourth-order valence-electron chi connectivity index (χ4n) is 2.70. The third-order valence-corrected chi connectivity index (χ3v) is 4.82. The molecule has 0 saturated heterocycles. The molecular weight excluding hydrogens is 363 g/mol. The van der Waals surface area contributed by atoms with Gasteiger partial charge in [0.25, 0.3) is 0 Å². The molecule has 0 bridgehead atoms. The summed E-state index contributed by atoms with van der Waals surface area (Å²) in [5.74, 6) is -0.0736. The lowest BCUT2D eigenvalue weighted by Crippen LogP contribution is -2.14. The molecule has 0 amide bonds. The van der Waals surface area contributed by atoms with E-state index in [1.165, 1.54) is 11.3 Å². The van der Waals surface area contributed by atoms with Gasteiger partial charge >= 0.3 is 6.18 Å². The molecule has 1 N–H and O–H groups in total. The molecule has 3 rings (SSSR count). The third kappa shape index (κ3) is 4.07. The zero-order chi connectivity index (χ0) is 18.7. The number of ether oxygens (including phenoxy) is 1. The van der Waals surface area contributed by atoms with Crippen molar-refractivity contribution in [2.45, 2.75) is 25.9 Å². The Morgan fingerprint density at radius 3 is 2.69 bits per heavy atom. The van der Waals surface area contributed by atoms with Crippen molar-refractivity contribution in [2.75, 3.05) is 19.0 Å². The van der Waals surface area contributed by atoms with Gasteiger partial charge in [-0.25, -0.2) is 9.97 Å². The van der Waals surface area contributed by atoms with Crippen LogP contribution in [0.4, 0.5) is 19.0 Å². The first kappa shape index (κ1) is 18.4. The number of nitrogens with zero attached hydrogens (tertiary/aromatic N) is 2. The molecule has 2 heterocycles. The van der Waals surface area contributed by atoms with E-state index in [0.717, 1.165) is 29.0 Å². The summed E-state index contributed by atoms with van der Waals surface area (Å²) >= 11 is 1.23. The van der Waals surface area contributed by atoms with Crippen LogP contribution >= 0.6 is 11.3 Å². The number of methoxy groups -OCH3 is 1. The summed E-state index contributed by atoms with van der Waals surface area (Å²) in [4.78, 5) is 8.59. The van der Waals surface area contributed by atoms with Crippen molar-refractivity contribution in [2.24, 2.45) is 0 Å². The van der Waals surface area contributed by atoms with Crippen LogP contribution in [0.5, 0.6) is 5.75 Å². The number of hydrogen-bond acceptors (Lipinski definition) is 5. The van der Waals surface area contributed by atoms with Gasteiger partial charge in [0.15, 0.2) is 0 Å². The van der Waals surface area contributed by atoms with Gasteiger partial charge in [-0.15, -0.1) is 11.3 Å². The minimum absolute atomic E-state index is 0.228. The Morgan fingerprint density at radius 2 is 1.96 bits per heavy atom. The molecule has 2 aromatic heterocycles. The first-order valence-corrected chi connectivity index (χ1v) is 8.91. The number of rotatable bonds is 6. The van der Waals surface area contributed by atoms with Crippen LogP contribution in [0.3, 0.4) is 0 Å². The summed E-state index contributed by atoms with van der Waals surface area (Å²) in [7, 11) is 1.62. The van der Waals surface area contributed by atoms with Gasteiger partial charge in [0.2, 0.25) is 5.82 Å². The first-order chi connectivity index (χ1) is 12.4. The van der Waals surface area contributed by atoms with Gasteiger partial charge in [-0.2, -0.15) is 13.2 Å². The highest BCUT2D eigenvalue weighted by molar-refractivity contribution is 7.18. The summed E-state index contributed by atoms with van der Waals surface area (Å²) in [6.45, 7) is 2.33. The second-order valence-corrected chi connectivity index (χ2v) is 7.05. The molecule has 0 atom stereocenters. The van der Waals surface area contributed by atoms with Crippen LogP contribution in [-0.4, -0.2) is 23.6 Å². The molecule has 0 aliphatic rings. The molecule has 0 aliphatic heterocycles. The molecule has 4 nitrogen and oxygen atoms in total. The molecule has 0 radical (unpaired) electrons. The number of thiophene rings is 1. The fraction of sp³-hybridized carbons (Fsp3) is 0.333. The summed E-state index contributed by atoms with van der Waals surface area (Å²) < 4.78 is 44.4. The Morgan fingerprint density at radius 1 is 1.19 bits per heavy atom. The second-order valence-electron chi connectivity index (χ2n) is 5.81. The maximum atomic E-state index is 13.0. The number of halogens is 3. The molecule has 0 aliphatic carbocycles. The number of hydrogen-bond donors (Lipinski definition) is 1. The number of nitrogens with one attached hydrogen (secondary N) is 1. The number of aromatic nitrogens is 2. The van der Waals surface area contributed by atoms with Gasteiger partial charge in [0.1, 0.15) is 16.4 Å². The topological polar surface area (TPSA) is 47.0 Å². The van der Waals surface area contributed by atoms with E-state index in [9.17, 15) is 13.2 Å². The van der Waals surface area contributed by atoms with Crippen molar-refractivity contribution < 1.29 is 17.9 Å². The van der Waals surface area contributed by atoms with Crippen molar-refractivity contribution in [3.8, 4) is 5.75 Å². The molecule has 0 unspecified atom stereocenters. The highest BCUT2D eigenvalue weighted by Gasteiger charge is 2.35. The van der Waals surface area contributed by atoms with Crippen molar-refractivity contribution >= 4 is 27.4 Å². The van der Waals surface area contributed by atoms with Gasteiger partial charge in [0.05, 0.1) is 12.5 Å². The second kappa shape index (κ2) is 7.49. The standard InChI is InChI=1S/C18H18F3N3OS/c1-11-10-13-15(23-17(18(19,20)21)24-16(13)26-11)22-9-5-7-12-6-3-4-8-14(12)25-2/h3-4,6,8,10H,5,7,9H2,1-2H3,(H,22,23,24). The maximum absolute atomic E-state index is 13.0. The Labute approximate surface area is 153 Å². The van der Waals surface area contributed by atoms with Crippen LogP contribution in [0.2, 0.25) is 0 Å². The molecule has 0 spiro atoms. The number of anilines is 1. The monoisotopic (exact) mass is 381 g/mol. The third-order valence-electron chi connectivity index (χ3n) is 3.88. The van der Waals surface area contributed by atoms with Gasteiger partial charge < -0.3 is 10.1 Å². The molecule has 3 aromatic rings. The molecule has 8 heteroatoms. The maximum Gasteiger partial charge on any atom is 0.451 e. The van der Waals surface area contributed by atoms with E-state index >= 15 is 0 Å². The lowest BCUT2D eigenvalue weighted by atomic mass is 10.1. The Bertz CT molecular complexity index is 908. The molecule has 26 heavy (non-hydrogen) atoms. The van der Waals surface area contributed by atoms with Crippen LogP contribution in [0.25, 0.3) is 10.2 Å². The zero-order valence-corrected chi connectivity index (χ0v) is 15.2. The molecule has 0 fully saturated rings. The smallest absolute Gasteiger partial charge is 0.451 e. The van der Waals surface area contributed by atoms with Gasteiger partial charge in [-0.1, -0.05) is 18.2 Å². The lowest BCUT2D eigenvalue weighted by molar-refractivity contribution is -0.144. The number of fused-ring (bicyclic) bond motifs is 1. The quantitative estimate of drug-likeness (QED) is 0.606. The molecule has 138 valence electrons. The van der Waals surface area contributed by atoms with E-state index in [2.05, 4.69) is 15.3 Å². The highest BCUT2D eigenvalue weighted by atomic mass is 32.1. The van der Waals surface area contributed by atoms with Crippen molar-refractivity contribution in [3.63, 3.8) is 0 Å². The minimum atomic E-state index is -4.57. The number of aryl methyl sites for hydroxylation is 2. The van der Waals surface area contributed by atoms with Crippen LogP contribution in [0.15, 0.2) is 30.3 Å². The van der Waals surface area contributed by atoms with Crippen LogP contribution in [0, 0.1) is 6.92 Å². The van der Waals surface area contributed by atoms with Crippen LogP contribution in [0.1, 0.15) is 22.7 Å². The number of para-hydroxylation sites is 1. The van der Waals surface area contributed by atoms with Crippen LogP contribution in [-0.2, 0) is 12.6 Å². The average Bonchev–Trinajstić information content (AvgIpc) is 2.98. The fourth-order valence-corrected chi connectivity index (χ4v) is 3.58. The average molecular weight is 381 g/mol. The largest absolute Gasteiger partial charge is 0.496 e. The van der Waals surface area contributed by atoms with Crippen molar-refractivity contribution in [3.05, 3.63) is 46.6 Å². The predicted octanol–water partition coefficient (Wildman–Crippen LogP) is 5.07. The highest BCUT2D eigenvalue weighted by Crippen LogP contribution is 2.33. The molecular formula is C18H18F3N3OS. The summed E-state index contributed by atoms with van der Waals surface area (Å²) in [5, 5.41) is 3.66. The SMILES string of the molecule is COc1ccccc1CCCNc1nc(C(F)(F)F)nc2sc(C)cc12. The van der Waals surface area contributed by atoms with E-state index in [0.29, 0.717) is 16.8 Å².